The van der Waals surface area contributed by atoms with Crippen LogP contribution in [-0.4, -0.2) is 19.4 Å². The zero-order chi connectivity index (χ0) is 14.2. The molecule has 5 heteroatoms. The van der Waals surface area contributed by atoms with Crippen molar-refractivity contribution in [2.24, 2.45) is 0 Å². The van der Waals surface area contributed by atoms with Crippen molar-refractivity contribution in [3.05, 3.63) is 52.7 Å². The third kappa shape index (κ3) is 2.24. The Morgan fingerprint density at radius 3 is 2.86 bits per heavy atom. The van der Waals surface area contributed by atoms with Crippen molar-refractivity contribution in [1.29, 1.82) is 0 Å². The Labute approximate surface area is 121 Å². The normalized spacial score (nSPS) is 15.8. The predicted molar refractivity (Wildman–Crippen MR) is 80.3 cm³/mol. The van der Waals surface area contributed by atoms with Crippen molar-refractivity contribution in [2.75, 3.05) is 0 Å². The summed E-state index contributed by atoms with van der Waals surface area (Å²) in [6.45, 7) is 0. The molecule has 106 valence electrons. The minimum absolute atomic E-state index is 0.0982. The molecule has 5 nitrogen and oxygen atoms in total. The van der Waals surface area contributed by atoms with Crippen molar-refractivity contribution in [2.45, 2.75) is 31.6 Å². The second kappa shape index (κ2) is 4.84. The van der Waals surface area contributed by atoms with Crippen LogP contribution in [0.5, 0.6) is 0 Å². The maximum atomic E-state index is 11.9. The number of rotatable bonds is 2. The van der Waals surface area contributed by atoms with E-state index in [1.165, 1.54) is 12.8 Å². The lowest BCUT2D eigenvalue weighted by Gasteiger charge is -2.08. The Balaban J connectivity index is 1.81. The Hall–Kier alpha value is -2.43. The summed E-state index contributed by atoms with van der Waals surface area (Å²) in [5.74, 6) is 0.983. The van der Waals surface area contributed by atoms with E-state index in [-0.39, 0.29) is 5.56 Å². The van der Waals surface area contributed by atoms with Gasteiger partial charge in [0, 0.05) is 24.4 Å². The summed E-state index contributed by atoms with van der Waals surface area (Å²) in [4.78, 5) is 23.9. The Bertz CT molecular complexity index is 810. The summed E-state index contributed by atoms with van der Waals surface area (Å²) in [7, 11) is 0. The van der Waals surface area contributed by atoms with E-state index in [1.54, 1.807) is 6.07 Å². The van der Waals surface area contributed by atoms with E-state index >= 15 is 0 Å². The van der Waals surface area contributed by atoms with Gasteiger partial charge >= 0.3 is 0 Å². The van der Waals surface area contributed by atoms with Crippen LogP contribution in [0, 0.1) is 0 Å². The summed E-state index contributed by atoms with van der Waals surface area (Å²) in [5, 5.41) is 0. The fraction of sp³-hybridized carbons (Fsp3) is 0.312. The minimum Gasteiger partial charge on any atom is -0.306 e. The maximum Gasteiger partial charge on any atom is 0.251 e. The van der Waals surface area contributed by atoms with E-state index in [2.05, 4.69) is 15.0 Å². The molecule has 0 spiro atoms. The molecule has 1 aliphatic carbocycles. The Morgan fingerprint density at radius 2 is 2.05 bits per heavy atom. The van der Waals surface area contributed by atoms with Gasteiger partial charge in [0.2, 0.25) is 0 Å². The van der Waals surface area contributed by atoms with E-state index < -0.39 is 0 Å². The van der Waals surface area contributed by atoms with Gasteiger partial charge in [-0.2, -0.15) is 0 Å². The molecule has 3 aromatic heterocycles. The lowest BCUT2D eigenvalue weighted by molar-refractivity contribution is 0.693. The van der Waals surface area contributed by atoms with Crippen molar-refractivity contribution >= 4 is 5.65 Å². The standard InChI is InChI=1S/C16H16N4O/c21-15-9-12(11-5-1-2-6-11)18-16(19-15)13-10-20-8-4-3-7-14(20)17-13/h3-4,7-11H,1-2,5-6H2,(H,18,19,21). The Kier molecular flexibility index (Phi) is 2.84. The van der Waals surface area contributed by atoms with Crippen molar-refractivity contribution in [1.82, 2.24) is 19.4 Å². The first-order valence-electron chi connectivity index (χ1n) is 7.35. The largest absolute Gasteiger partial charge is 0.306 e. The monoisotopic (exact) mass is 280 g/mol. The van der Waals surface area contributed by atoms with Gasteiger partial charge in [-0.25, -0.2) is 9.97 Å². The molecule has 0 atom stereocenters. The molecule has 0 amide bonds. The van der Waals surface area contributed by atoms with Gasteiger partial charge in [-0.3, -0.25) is 4.79 Å². The molecule has 21 heavy (non-hydrogen) atoms. The van der Waals surface area contributed by atoms with E-state index in [0.29, 0.717) is 17.4 Å². The Morgan fingerprint density at radius 1 is 1.19 bits per heavy atom. The zero-order valence-electron chi connectivity index (χ0n) is 11.6. The summed E-state index contributed by atoms with van der Waals surface area (Å²) < 4.78 is 1.93. The van der Waals surface area contributed by atoms with Crippen LogP contribution in [0.1, 0.15) is 37.3 Å². The van der Waals surface area contributed by atoms with Crippen molar-refractivity contribution in [3.8, 4) is 11.5 Å². The van der Waals surface area contributed by atoms with Crippen LogP contribution < -0.4 is 5.56 Å². The highest BCUT2D eigenvalue weighted by molar-refractivity contribution is 5.55. The molecule has 3 heterocycles. The zero-order valence-corrected chi connectivity index (χ0v) is 11.6. The van der Waals surface area contributed by atoms with Crippen LogP contribution >= 0.6 is 0 Å². The first kappa shape index (κ1) is 12.3. The van der Waals surface area contributed by atoms with Crippen LogP contribution in [0.2, 0.25) is 0 Å². The topological polar surface area (TPSA) is 63.1 Å². The molecule has 1 N–H and O–H groups in total. The molecule has 1 fully saturated rings. The molecule has 0 aromatic carbocycles. The molecule has 0 unspecified atom stereocenters. The number of nitrogens with zero attached hydrogens (tertiary/aromatic N) is 3. The van der Waals surface area contributed by atoms with Crippen LogP contribution in [0.3, 0.4) is 0 Å². The minimum atomic E-state index is -0.0982. The smallest absolute Gasteiger partial charge is 0.251 e. The molecule has 0 radical (unpaired) electrons. The number of imidazole rings is 1. The fourth-order valence-corrected chi connectivity index (χ4v) is 3.08. The van der Waals surface area contributed by atoms with Gasteiger partial charge in [-0.1, -0.05) is 18.9 Å². The number of aromatic nitrogens is 4. The quantitative estimate of drug-likeness (QED) is 0.785. The average Bonchev–Trinajstić information content (AvgIpc) is 3.16. The van der Waals surface area contributed by atoms with Gasteiger partial charge in [-0.05, 0) is 25.0 Å². The number of pyridine rings is 1. The van der Waals surface area contributed by atoms with Crippen molar-refractivity contribution in [3.63, 3.8) is 0 Å². The van der Waals surface area contributed by atoms with E-state index in [0.717, 1.165) is 24.2 Å². The highest BCUT2D eigenvalue weighted by atomic mass is 16.1. The maximum absolute atomic E-state index is 11.9. The van der Waals surface area contributed by atoms with E-state index in [1.807, 2.05) is 35.0 Å². The van der Waals surface area contributed by atoms with Crippen molar-refractivity contribution < 1.29 is 0 Å². The second-order valence-corrected chi connectivity index (χ2v) is 5.59. The fourth-order valence-electron chi connectivity index (χ4n) is 3.08. The number of hydrogen-bond donors (Lipinski definition) is 1. The molecule has 0 bridgehead atoms. The first-order valence-corrected chi connectivity index (χ1v) is 7.35. The third-order valence-corrected chi connectivity index (χ3v) is 4.14. The summed E-state index contributed by atoms with van der Waals surface area (Å²) in [6.07, 6.45) is 8.53. The number of fused-ring (bicyclic) bond motifs is 1. The molecule has 1 aliphatic rings. The van der Waals surface area contributed by atoms with Gasteiger partial charge < -0.3 is 9.38 Å². The first-order chi connectivity index (χ1) is 10.3. The molecular weight excluding hydrogens is 264 g/mol. The molecule has 3 aromatic rings. The lowest BCUT2D eigenvalue weighted by Crippen LogP contribution is -2.12. The third-order valence-electron chi connectivity index (χ3n) is 4.14. The molecule has 0 saturated heterocycles. The van der Waals surface area contributed by atoms with Crippen LogP contribution in [0.25, 0.3) is 17.2 Å². The predicted octanol–water partition coefficient (Wildman–Crippen LogP) is 2.74. The molecule has 0 aliphatic heterocycles. The van der Waals surface area contributed by atoms with Gasteiger partial charge in [0.15, 0.2) is 5.82 Å². The highest BCUT2D eigenvalue weighted by Gasteiger charge is 2.20. The van der Waals surface area contributed by atoms with Gasteiger partial charge in [0.05, 0.1) is 5.69 Å². The van der Waals surface area contributed by atoms with Gasteiger partial charge in [0.25, 0.3) is 5.56 Å². The summed E-state index contributed by atoms with van der Waals surface area (Å²) in [6, 6.07) is 7.46. The number of nitrogens with one attached hydrogen (secondary N) is 1. The van der Waals surface area contributed by atoms with E-state index in [4.69, 9.17) is 0 Å². The summed E-state index contributed by atoms with van der Waals surface area (Å²) in [5.41, 5.74) is 2.36. The molecule has 4 rings (SSSR count). The van der Waals surface area contributed by atoms with E-state index in [9.17, 15) is 4.79 Å². The van der Waals surface area contributed by atoms with Gasteiger partial charge in [0.1, 0.15) is 11.3 Å². The second-order valence-electron chi connectivity index (χ2n) is 5.59. The summed E-state index contributed by atoms with van der Waals surface area (Å²) >= 11 is 0. The van der Waals surface area contributed by atoms with Crippen LogP contribution in [0.4, 0.5) is 0 Å². The molecule has 1 saturated carbocycles. The van der Waals surface area contributed by atoms with Crippen LogP contribution in [0.15, 0.2) is 41.5 Å². The number of hydrogen-bond acceptors (Lipinski definition) is 3. The number of H-pyrrole nitrogens is 1. The highest BCUT2D eigenvalue weighted by Crippen LogP contribution is 2.32. The number of aromatic amines is 1. The molecular formula is C16H16N4O. The lowest BCUT2D eigenvalue weighted by atomic mass is 10.0. The average molecular weight is 280 g/mol. The SMILES string of the molecule is O=c1cc(C2CCCC2)nc(-c2cn3ccccc3n2)[nH]1. The van der Waals surface area contributed by atoms with Crippen LogP contribution in [-0.2, 0) is 0 Å². The van der Waals surface area contributed by atoms with Gasteiger partial charge in [-0.15, -0.1) is 0 Å².